The van der Waals surface area contributed by atoms with E-state index < -0.39 is 17.8 Å². The van der Waals surface area contributed by atoms with Gasteiger partial charge < -0.3 is 15.3 Å². The molecular formula is C14H14BrClF3NO2. The van der Waals surface area contributed by atoms with Gasteiger partial charge in [-0.3, -0.25) is 0 Å². The van der Waals surface area contributed by atoms with Gasteiger partial charge in [-0.2, -0.15) is 13.2 Å². The molecule has 3 N–H and O–H groups in total. The minimum Gasteiger partial charge on any atom is -0.459 e. The summed E-state index contributed by atoms with van der Waals surface area (Å²) < 4.78 is 45.0. The molecule has 0 fully saturated rings. The standard InChI is InChI=1S/C14H13BrF3NO2.ClH/c15-8-1-2-9(10(7-8)14(16,17)18)12-3-4-13(21-12)11(19)5-6-20;/h1-4,7,11,20H,5-6,19H2;1H. The van der Waals surface area contributed by atoms with Crippen molar-refractivity contribution in [1.82, 2.24) is 0 Å². The molecule has 1 aromatic heterocycles. The van der Waals surface area contributed by atoms with Crippen LogP contribution in [-0.4, -0.2) is 11.7 Å². The second-order valence-electron chi connectivity index (χ2n) is 4.51. The van der Waals surface area contributed by atoms with E-state index in [0.717, 1.165) is 6.07 Å². The molecular weight excluding hydrogens is 387 g/mol. The summed E-state index contributed by atoms with van der Waals surface area (Å²) in [6.45, 7) is -0.122. The zero-order valence-corrected chi connectivity index (χ0v) is 13.6. The lowest BCUT2D eigenvalue weighted by Crippen LogP contribution is -2.10. The number of aliphatic hydroxyl groups is 1. The van der Waals surface area contributed by atoms with Crippen LogP contribution in [0.5, 0.6) is 0 Å². The monoisotopic (exact) mass is 399 g/mol. The Morgan fingerprint density at radius 2 is 1.91 bits per heavy atom. The normalized spacial score (nSPS) is 12.8. The van der Waals surface area contributed by atoms with Crippen LogP contribution < -0.4 is 5.73 Å². The molecule has 0 aliphatic carbocycles. The van der Waals surface area contributed by atoms with E-state index in [2.05, 4.69) is 15.9 Å². The third-order valence-corrected chi connectivity index (χ3v) is 3.48. The van der Waals surface area contributed by atoms with E-state index in [9.17, 15) is 13.2 Å². The van der Waals surface area contributed by atoms with Gasteiger partial charge in [0.05, 0.1) is 11.6 Å². The summed E-state index contributed by atoms with van der Waals surface area (Å²) in [4.78, 5) is 0. The summed E-state index contributed by atoms with van der Waals surface area (Å²) in [5.74, 6) is 0.438. The van der Waals surface area contributed by atoms with Gasteiger partial charge in [0, 0.05) is 16.6 Å². The summed E-state index contributed by atoms with van der Waals surface area (Å²) in [7, 11) is 0. The Labute approximate surface area is 139 Å². The quantitative estimate of drug-likeness (QED) is 0.792. The minimum absolute atomic E-state index is 0. The Balaban J connectivity index is 0.00000242. The summed E-state index contributed by atoms with van der Waals surface area (Å²) in [6.07, 6.45) is -4.21. The smallest absolute Gasteiger partial charge is 0.417 e. The third-order valence-electron chi connectivity index (χ3n) is 2.98. The number of hydrogen-bond acceptors (Lipinski definition) is 3. The molecule has 0 aliphatic heterocycles. The Morgan fingerprint density at radius 1 is 1.23 bits per heavy atom. The van der Waals surface area contributed by atoms with Crippen molar-refractivity contribution in [2.45, 2.75) is 18.6 Å². The Hall–Kier alpha value is -1.02. The first-order valence-corrected chi connectivity index (χ1v) is 6.95. The molecule has 0 amide bonds. The fourth-order valence-corrected chi connectivity index (χ4v) is 2.31. The zero-order chi connectivity index (χ0) is 15.6. The summed E-state index contributed by atoms with van der Waals surface area (Å²) in [5, 5.41) is 8.83. The lowest BCUT2D eigenvalue weighted by atomic mass is 10.1. The Bertz CT molecular complexity index is 631. The van der Waals surface area contributed by atoms with Gasteiger partial charge in [-0.05, 0) is 36.8 Å². The number of aliphatic hydroxyl groups excluding tert-OH is 1. The first kappa shape index (κ1) is 19.0. The first-order valence-electron chi connectivity index (χ1n) is 6.16. The average molecular weight is 401 g/mol. The minimum atomic E-state index is -4.49. The van der Waals surface area contributed by atoms with Crippen LogP contribution in [0.2, 0.25) is 0 Å². The van der Waals surface area contributed by atoms with Crippen LogP contribution in [0.15, 0.2) is 39.2 Å². The molecule has 0 bridgehead atoms. The molecule has 0 spiro atoms. The van der Waals surface area contributed by atoms with E-state index in [0.29, 0.717) is 10.2 Å². The molecule has 0 radical (unpaired) electrons. The van der Waals surface area contributed by atoms with Crippen LogP contribution in [-0.2, 0) is 6.18 Å². The van der Waals surface area contributed by atoms with Crippen molar-refractivity contribution in [3.8, 4) is 11.3 Å². The fraction of sp³-hybridized carbons (Fsp3) is 0.286. The van der Waals surface area contributed by atoms with Crippen molar-refractivity contribution in [2.75, 3.05) is 6.61 Å². The van der Waals surface area contributed by atoms with Crippen LogP contribution >= 0.6 is 28.3 Å². The molecule has 3 nitrogen and oxygen atoms in total. The highest BCUT2D eigenvalue weighted by atomic mass is 79.9. The maximum atomic E-state index is 13.1. The van der Waals surface area contributed by atoms with Crippen molar-refractivity contribution >= 4 is 28.3 Å². The molecule has 8 heteroatoms. The van der Waals surface area contributed by atoms with E-state index in [1.54, 1.807) is 0 Å². The highest BCUT2D eigenvalue weighted by Gasteiger charge is 2.34. The van der Waals surface area contributed by atoms with Gasteiger partial charge >= 0.3 is 6.18 Å². The second kappa shape index (κ2) is 7.50. The van der Waals surface area contributed by atoms with Gasteiger partial charge in [-0.25, -0.2) is 0 Å². The van der Waals surface area contributed by atoms with Crippen molar-refractivity contribution < 1.29 is 22.7 Å². The molecule has 0 aliphatic rings. The molecule has 1 atom stereocenters. The zero-order valence-electron chi connectivity index (χ0n) is 11.2. The van der Waals surface area contributed by atoms with E-state index >= 15 is 0 Å². The summed E-state index contributed by atoms with van der Waals surface area (Å²) >= 11 is 3.03. The molecule has 1 aromatic carbocycles. The number of benzene rings is 1. The SMILES string of the molecule is Cl.NC(CCO)c1ccc(-c2ccc(Br)cc2C(F)(F)F)o1. The van der Waals surface area contributed by atoms with Crippen LogP contribution in [0, 0.1) is 0 Å². The fourth-order valence-electron chi connectivity index (χ4n) is 1.94. The van der Waals surface area contributed by atoms with Crippen LogP contribution in [0.25, 0.3) is 11.3 Å². The van der Waals surface area contributed by atoms with Gasteiger partial charge in [0.25, 0.3) is 0 Å². The Morgan fingerprint density at radius 3 is 2.50 bits per heavy atom. The number of halogens is 5. The summed E-state index contributed by atoms with van der Waals surface area (Å²) in [5.41, 5.74) is 4.93. The summed E-state index contributed by atoms with van der Waals surface area (Å²) in [6, 6.07) is 6.29. The predicted octanol–water partition coefficient (Wildman–Crippen LogP) is 4.53. The molecule has 1 heterocycles. The van der Waals surface area contributed by atoms with E-state index in [1.807, 2.05) is 0 Å². The molecule has 0 saturated carbocycles. The van der Waals surface area contributed by atoms with E-state index in [-0.39, 0.29) is 36.8 Å². The topological polar surface area (TPSA) is 59.4 Å². The van der Waals surface area contributed by atoms with Crippen molar-refractivity contribution in [3.63, 3.8) is 0 Å². The van der Waals surface area contributed by atoms with Gasteiger partial charge in [0.15, 0.2) is 0 Å². The molecule has 2 aromatic rings. The first-order chi connectivity index (χ1) is 9.82. The maximum Gasteiger partial charge on any atom is 0.417 e. The third kappa shape index (κ3) is 4.25. The van der Waals surface area contributed by atoms with Gasteiger partial charge in [0.2, 0.25) is 0 Å². The van der Waals surface area contributed by atoms with Crippen molar-refractivity contribution in [2.24, 2.45) is 5.73 Å². The van der Waals surface area contributed by atoms with Gasteiger partial charge in [-0.1, -0.05) is 15.9 Å². The molecule has 2 rings (SSSR count). The number of furan rings is 1. The van der Waals surface area contributed by atoms with Crippen LogP contribution in [0.1, 0.15) is 23.8 Å². The average Bonchev–Trinajstić information content (AvgIpc) is 2.87. The van der Waals surface area contributed by atoms with Gasteiger partial charge in [0.1, 0.15) is 11.5 Å². The lowest BCUT2D eigenvalue weighted by Gasteiger charge is -2.12. The van der Waals surface area contributed by atoms with Crippen LogP contribution in [0.3, 0.4) is 0 Å². The largest absolute Gasteiger partial charge is 0.459 e. The molecule has 0 saturated heterocycles. The predicted molar refractivity (Wildman–Crippen MR) is 82.7 cm³/mol. The van der Waals surface area contributed by atoms with Crippen LogP contribution in [0.4, 0.5) is 13.2 Å². The Kier molecular flexibility index (Phi) is 6.49. The number of nitrogens with two attached hydrogens (primary N) is 1. The number of alkyl halides is 3. The van der Waals surface area contributed by atoms with E-state index in [1.165, 1.54) is 24.3 Å². The molecule has 1 unspecified atom stereocenters. The molecule has 122 valence electrons. The highest BCUT2D eigenvalue weighted by molar-refractivity contribution is 9.10. The van der Waals surface area contributed by atoms with Gasteiger partial charge in [-0.15, -0.1) is 12.4 Å². The van der Waals surface area contributed by atoms with E-state index in [4.69, 9.17) is 15.3 Å². The highest BCUT2D eigenvalue weighted by Crippen LogP contribution is 2.39. The molecule has 22 heavy (non-hydrogen) atoms. The lowest BCUT2D eigenvalue weighted by molar-refractivity contribution is -0.137. The number of hydrogen-bond donors (Lipinski definition) is 2. The second-order valence-corrected chi connectivity index (χ2v) is 5.42. The number of rotatable bonds is 4. The van der Waals surface area contributed by atoms with Crippen molar-refractivity contribution in [1.29, 1.82) is 0 Å². The van der Waals surface area contributed by atoms with Crippen molar-refractivity contribution in [3.05, 3.63) is 46.1 Å². The maximum absolute atomic E-state index is 13.1.